The van der Waals surface area contributed by atoms with Crippen molar-refractivity contribution < 1.29 is 28.7 Å². The van der Waals surface area contributed by atoms with Gasteiger partial charge in [-0.05, 0) is 96.5 Å². The third-order valence-electron chi connectivity index (χ3n) is 7.98. The molecule has 0 spiro atoms. The highest BCUT2D eigenvalue weighted by Crippen LogP contribution is 2.34. The standard InChI is InChI=1S/C36H40N6O6/c1-21-13-31(39-17-25(21)15-37-19-33(43)47-5)35(45)41-29-11-7-9-27(23(29)3)28-10-8-12-30(24(28)4)42-36(46)32-14-22(2)26(18-40-32)16-38-20-34(44)48-6/h7-14,17-18,37-38H,15-16,19-20H2,1-6H3,(H,41,45)(H,42,46). The number of hydrogen-bond acceptors (Lipinski definition) is 10. The summed E-state index contributed by atoms with van der Waals surface area (Å²) < 4.78 is 9.28. The fraction of sp³-hybridized carbons (Fsp3) is 0.278. The second-order valence-corrected chi connectivity index (χ2v) is 11.2. The monoisotopic (exact) mass is 652 g/mol. The van der Waals surface area contributed by atoms with E-state index in [1.54, 1.807) is 24.5 Å². The highest BCUT2D eigenvalue weighted by molar-refractivity contribution is 6.05. The number of nitrogens with one attached hydrogen (secondary N) is 4. The first-order chi connectivity index (χ1) is 23.0. The first kappa shape index (κ1) is 35.4. The number of amides is 2. The lowest BCUT2D eigenvalue weighted by Crippen LogP contribution is -2.24. The predicted octanol–water partition coefficient (Wildman–Crippen LogP) is 4.41. The Bertz CT molecular complexity index is 1710. The van der Waals surface area contributed by atoms with Gasteiger partial charge in [-0.15, -0.1) is 0 Å². The van der Waals surface area contributed by atoms with Gasteiger partial charge in [0.15, 0.2) is 0 Å². The van der Waals surface area contributed by atoms with Crippen molar-refractivity contribution in [1.82, 2.24) is 20.6 Å². The topological polar surface area (TPSA) is 161 Å². The van der Waals surface area contributed by atoms with E-state index in [1.807, 2.05) is 64.1 Å². The smallest absolute Gasteiger partial charge is 0.319 e. The lowest BCUT2D eigenvalue weighted by Gasteiger charge is -2.17. The van der Waals surface area contributed by atoms with Gasteiger partial charge in [0.25, 0.3) is 11.8 Å². The molecule has 4 N–H and O–H groups in total. The molecule has 0 saturated carbocycles. The van der Waals surface area contributed by atoms with Gasteiger partial charge in [0.1, 0.15) is 11.4 Å². The molecular formula is C36H40N6O6. The van der Waals surface area contributed by atoms with Crippen molar-refractivity contribution >= 4 is 35.1 Å². The van der Waals surface area contributed by atoms with Crippen LogP contribution in [0.3, 0.4) is 0 Å². The number of pyridine rings is 2. The van der Waals surface area contributed by atoms with Crippen molar-refractivity contribution in [1.29, 1.82) is 0 Å². The molecule has 48 heavy (non-hydrogen) atoms. The fourth-order valence-electron chi connectivity index (χ4n) is 5.03. The van der Waals surface area contributed by atoms with Crippen molar-refractivity contribution in [2.75, 3.05) is 37.9 Å². The quantitative estimate of drug-likeness (QED) is 0.152. The van der Waals surface area contributed by atoms with Gasteiger partial charge in [-0.2, -0.15) is 0 Å². The van der Waals surface area contributed by atoms with E-state index in [4.69, 9.17) is 0 Å². The number of esters is 2. The summed E-state index contributed by atoms with van der Waals surface area (Å²) in [4.78, 5) is 57.8. The molecule has 0 radical (unpaired) electrons. The molecule has 12 heteroatoms. The first-order valence-corrected chi connectivity index (χ1v) is 15.3. The summed E-state index contributed by atoms with van der Waals surface area (Å²) in [6.45, 7) is 8.60. The van der Waals surface area contributed by atoms with Gasteiger partial charge in [0, 0.05) is 36.9 Å². The van der Waals surface area contributed by atoms with Crippen LogP contribution in [0.5, 0.6) is 0 Å². The van der Waals surface area contributed by atoms with Gasteiger partial charge >= 0.3 is 11.9 Å². The Labute approximate surface area is 279 Å². The number of benzene rings is 2. The van der Waals surface area contributed by atoms with Gasteiger partial charge in [0.2, 0.25) is 0 Å². The molecule has 12 nitrogen and oxygen atoms in total. The summed E-state index contributed by atoms with van der Waals surface area (Å²) in [6.07, 6.45) is 3.24. The molecule has 2 aromatic carbocycles. The number of hydrogen-bond donors (Lipinski definition) is 4. The number of aromatic nitrogens is 2. The molecule has 0 bridgehead atoms. The average molecular weight is 653 g/mol. The Morgan fingerprint density at radius 2 is 1.02 bits per heavy atom. The van der Waals surface area contributed by atoms with E-state index in [0.717, 1.165) is 44.5 Å². The molecule has 250 valence electrons. The van der Waals surface area contributed by atoms with Crippen LogP contribution in [0.15, 0.2) is 60.9 Å². The maximum atomic E-state index is 13.2. The molecule has 0 aliphatic carbocycles. The van der Waals surface area contributed by atoms with Crippen molar-refractivity contribution in [3.8, 4) is 11.1 Å². The Morgan fingerprint density at radius 1 is 0.625 bits per heavy atom. The van der Waals surface area contributed by atoms with E-state index in [2.05, 4.69) is 40.7 Å². The molecule has 0 aliphatic rings. The number of aryl methyl sites for hydroxylation is 2. The van der Waals surface area contributed by atoms with Crippen LogP contribution in [0.25, 0.3) is 11.1 Å². The molecule has 0 unspecified atom stereocenters. The summed E-state index contributed by atoms with van der Waals surface area (Å²) in [5.74, 6) is -1.42. The highest BCUT2D eigenvalue weighted by atomic mass is 16.5. The molecule has 4 aromatic rings. The van der Waals surface area contributed by atoms with E-state index >= 15 is 0 Å². The number of rotatable bonds is 13. The third kappa shape index (κ3) is 8.87. The number of carbonyl (C=O) groups excluding carboxylic acids is 4. The van der Waals surface area contributed by atoms with Crippen LogP contribution in [0.2, 0.25) is 0 Å². The maximum Gasteiger partial charge on any atom is 0.319 e. The number of methoxy groups -OCH3 is 2. The minimum atomic E-state index is -0.362. The lowest BCUT2D eigenvalue weighted by atomic mass is 9.94. The minimum Gasteiger partial charge on any atom is -0.468 e. The molecule has 4 rings (SSSR count). The summed E-state index contributed by atoms with van der Waals surface area (Å²) in [6, 6.07) is 14.8. The molecule has 2 heterocycles. The SMILES string of the molecule is COC(=O)CNCc1cnc(C(=O)Nc2cccc(-c3cccc(NC(=O)c4cc(C)c(CNCC(=O)OC)cn4)c3C)c2C)cc1C. The number of anilines is 2. The van der Waals surface area contributed by atoms with Crippen molar-refractivity contribution in [3.05, 3.63) is 106 Å². The van der Waals surface area contributed by atoms with Gasteiger partial charge in [-0.3, -0.25) is 29.1 Å². The zero-order valence-corrected chi connectivity index (χ0v) is 27.9. The van der Waals surface area contributed by atoms with Crippen LogP contribution in [-0.2, 0) is 32.2 Å². The van der Waals surface area contributed by atoms with Crippen molar-refractivity contribution in [2.24, 2.45) is 0 Å². The van der Waals surface area contributed by atoms with Crippen molar-refractivity contribution in [2.45, 2.75) is 40.8 Å². The molecule has 2 amide bonds. The van der Waals surface area contributed by atoms with E-state index in [9.17, 15) is 19.2 Å². The number of carbonyl (C=O) groups is 4. The Morgan fingerprint density at radius 3 is 1.38 bits per heavy atom. The van der Waals surface area contributed by atoms with Crippen LogP contribution >= 0.6 is 0 Å². The molecule has 0 fully saturated rings. The Hall–Kier alpha value is -5.46. The zero-order chi connectivity index (χ0) is 34.8. The second-order valence-electron chi connectivity index (χ2n) is 11.2. The zero-order valence-electron chi connectivity index (χ0n) is 27.9. The molecule has 0 atom stereocenters. The predicted molar refractivity (Wildman–Crippen MR) is 183 cm³/mol. The molecule has 2 aromatic heterocycles. The van der Waals surface area contributed by atoms with E-state index < -0.39 is 0 Å². The summed E-state index contributed by atoms with van der Waals surface area (Å²) in [5, 5.41) is 12.0. The fourth-order valence-corrected chi connectivity index (χ4v) is 5.03. The van der Waals surface area contributed by atoms with Gasteiger partial charge in [0.05, 0.1) is 27.3 Å². The van der Waals surface area contributed by atoms with Crippen molar-refractivity contribution in [3.63, 3.8) is 0 Å². The lowest BCUT2D eigenvalue weighted by molar-refractivity contribution is -0.140. The van der Waals surface area contributed by atoms with Crippen LogP contribution in [0.1, 0.15) is 54.4 Å². The Kier molecular flexibility index (Phi) is 12.1. The highest BCUT2D eigenvalue weighted by Gasteiger charge is 2.17. The average Bonchev–Trinajstić information content (AvgIpc) is 3.07. The van der Waals surface area contributed by atoms with E-state index in [1.165, 1.54) is 14.2 Å². The largest absolute Gasteiger partial charge is 0.468 e. The summed E-state index contributed by atoms with van der Waals surface area (Å²) >= 11 is 0. The normalized spacial score (nSPS) is 10.7. The molecule has 0 aliphatic heterocycles. The van der Waals surface area contributed by atoms with Gasteiger partial charge < -0.3 is 30.7 Å². The maximum absolute atomic E-state index is 13.2. The van der Waals surface area contributed by atoms with E-state index in [0.29, 0.717) is 24.5 Å². The van der Waals surface area contributed by atoms with Gasteiger partial charge in [-0.1, -0.05) is 24.3 Å². The summed E-state index contributed by atoms with van der Waals surface area (Å²) in [5.41, 5.74) is 8.76. The Balaban J connectivity index is 1.46. The first-order valence-electron chi connectivity index (χ1n) is 15.3. The number of ether oxygens (including phenoxy) is 2. The van der Waals surface area contributed by atoms with Crippen LogP contribution < -0.4 is 21.3 Å². The minimum absolute atomic E-state index is 0.0766. The van der Waals surface area contributed by atoms with Gasteiger partial charge in [-0.25, -0.2) is 0 Å². The molecular weight excluding hydrogens is 612 g/mol. The van der Waals surface area contributed by atoms with E-state index in [-0.39, 0.29) is 48.2 Å². The van der Waals surface area contributed by atoms with Crippen LogP contribution in [0, 0.1) is 27.7 Å². The molecule has 0 saturated heterocycles. The van der Waals surface area contributed by atoms with Crippen LogP contribution in [-0.4, -0.2) is 61.0 Å². The third-order valence-corrected chi connectivity index (χ3v) is 7.98. The number of nitrogens with zero attached hydrogens (tertiary/aromatic N) is 2. The second kappa shape index (κ2) is 16.4. The van der Waals surface area contributed by atoms with Crippen LogP contribution in [0.4, 0.5) is 11.4 Å². The summed E-state index contributed by atoms with van der Waals surface area (Å²) in [7, 11) is 2.66.